The summed E-state index contributed by atoms with van der Waals surface area (Å²) in [5.41, 5.74) is 2.20. The first-order valence-corrected chi connectivity index (χ1v) is 10.0. The highest BCUT2D eigenvalue weighted by Crippen LogP contribution is 2.19. The van der Waals surface area contributed by atoms with Gasteiger partial charge >= 0.3 is 10.1 Å². The molecule has 0 saturated heterocycles. The molecule has 1 amide bonds. The van der Waals surface area contributed by atoms with E-state index in [9.17, 15) is 27.7 Å². The minimum absolute atomic E-state index is 0.0189. The molecule has 11 heteroatoms. The van der Waals surface area contributed by atoms with Crippen molar-refractivity contribution in [2.75, 3.05) is 0 Å². The van der Waals surface area contributed by atoms with Crippen LogP contribution in [0, 0.1) is 15.9 Å². The number of amides is 1. The summed E-state index contributed by atoms with van der Waals surface area (Å²) >= 11 is 0. The lowest BCUT2D eigenvalue weighted by Gasteiger charge is -2.07. The van der Waals surface area contributed by atoms with E-state index < -0.39 is 26.8 Å². The van der Waals surface area contributed by atoms with Gasteiger partial charge in [0.05, 0.1) is 11.1 Å². The van der Waals surface area contributed by atoms with E-state index in [1.54, 1.807) is 0 Å². The van der Waals surface area contributed by atoms with Gasteiger partial charge in [0.15, 0.2) is 0 Å². The molecule has 0 radical (unpaired) electrons. The van der Waals surface area contributed by atoms with Gasteiger partial charge in [-0.3, -0.25) is 14.9 Å². The van der Waals surface area contributed by atoms with Crippen molar-refractivity contribution in [3.8, 4) is 5.75 Å². The highest BCUT2D eigenvalue weighted by molar-refractivity contribution is 7.87. The highest BCUT2D eigenvalue weighted by Gasteiger charge is 2.19. The lowest BCUT2D eigenvalue weighted by Crippen LogP contribution is -2.18. The standard InChI is InChI=1S/C20H14FN3O6S/c21-15-7-11-17(12-8-15)31(28,29)30-16-9-5-14(6-10-16)13-22-23-20(25)18-3-1-2-4-19(18)24(26)27/h1-13H,(H,23,25)/b22-13-. The lowest BCUT2D eigenvalue weighted by molar-refractivity contribution is -0.385. The van der Waals surface area contributed by atoms with Crippen LogP contribution in [-0.2, 0) is 10.1 Å². The number of hydrogen-bond acceptors (Lipinski definition) is 7. The maximum absolute atomic E-state index is 12.9. The van der Waals surface area contributed by atoms with E-state index in [0.717, 1.165) is 24.3 Å². The summed E-state index contributed by atoms with van der Waals surface area (Å²) in [6.07, 6.45) is 1.27. The lowest BCUT2D eigenvalue weighted by atomic mass is 10.2. The number of benzene rings is 3. The number of nitro benzene ring substituents is 1. The molecule has 31 heavy (non-hydrogen) atoms. The van der Waals surface area contributed by atoms with Crippen molar-refractivity contribution >= 4 is 27.9 Å². The molecule has 0 unspecified atom stereocenters. The molecule has 158 valence electrons. The average Bonchev–Trinajstić information content (AvgIpc) is 2.75. The molecule has 0 aliphatic carbocycles. The largest absolute Gasteiger partial charge is 0.379 e. The van der Waals surface area contributed by atoms with Gasteiger partial charge < -0.3 is 4.18 Å². The Morgan fingerprint density at radius 1 is 1.03 bits per heavy atom. The molecular weight excluding hydrogens is 429 g/mol. The monoisotopic (exact) mass is 443 g/mol. The Balaban J connectivity index is 1.64. The van der Waals surface area contributed by atoms with Crippen LogP contribution >= 0.6 is 0 Å². The molecule has 9 nitrogen and oxygen atoms in total. The number of carbonyl (C=O) groups excluding carboxylic acids is 1. The molecule has 0 aliphatic rings. The normalized spacial score (nSPS) is 11.3. The summed E-state index contributed by atoms with van der Waals surface area (Å²) < 4.78 is 42.3. The molecule has 0 spiro atoms. The van der Waals surface area contributed by atoms with E-state index in [4.69, 9.17) is 4.18 Å². The fourth-order valence-electron chi connectivity index (χ4n) is 2.44. The third kappa shape index (κ3) is 5.48. The number of rotatable bonds is 7. The Bertz CT molecular complexity index is 1240. The van der Waals surface area contributed by atoms with Crippen molar-refractivity contribution in [1.82, 2.24) is 5.43 Å². The molecule has 0 bridgehead atoms. The van der Waals surface area contributed by atoms with Gasteiger partial charge in [0.25, 0.3) is 11.6 Å². The maximum Gasteiger partial charge on any atom is 0.339 e. The van der Waals surface area contributed by atoms with Crippen molar-refractivity contribution in [3.63, 3.8) is 0 Å². The molecule has 3 aromatic rings. The van der Waals surface area contributed by atoms with Crippen LogP contribution in [0.15, 0.2) is 82.8 Å². The first-order chi connectivity index (χ1) is 14.8. The summed E-state index contributed by atoms with van der Waals surface area (Å²) in [6, 6.07) is 15.3. The molecule has 0 heterocycles. The SMILES string of the molecule is O=C(N/N=C\c1ccc(OS(=O)(=O)c2ccc(F)cc2)cc1)c1ccccc1[N+](=O)[O-]. The van der Waals surface area contributed by atoms with Crippen LogP contribution in [0.4, 0.5) is 10.1 Å². The van der Waals surface area contributed by atoms with Crippen molar-refractivity contribution in [3.05, 3.63) is 99.9 Å². The number of nitrogens with one attached hydrogen (secondary N) is 1. The van der Waals surface area contributed by atoms with Gasteiger partial charge in [0, 0.05) is 6.07 Å². The summed E-state index contributed by atoms with van der Waals surface area (Å²) in [4.78, 5) is 22.2. The molecule has 3 rings (SSSR count). The average molecular weight is 443 g/mol. The number of carbonyl (C=O) groups is 1. The van der Waals surface area contributed by atoms with Gasteiger partial charge in [0.2, 0.25) is 0 Å². The van der Waals surface area contributed by atoms with Crippen LogP contribution < -0.4 is 9.61 Å². The van der Waals surface area contributed by atoms with Crippen molar-refractivity contribution in [2.45, 2.75) is 4.90 Å². The number of nitro groups is 1. The second-order valence-corrected chi connectivity index (χ2v) is 7.58. The Morgan fingerprint density at radius 3 is 2.32 bits per heavy atom. The number of hydrazone groups is 1. The fraction of sp³-hybridized carbons (Fsp3) is 0. The Hall–Kier alpha value is -4.12. The van der Waals surface area contributed by atoms with Crippen LogP contribution in [0.3, 0.4) is 0 Å². The molecule has 0 aromatic heterocycles. The summed E-state index contributed by atoms with van der Waals surface area (Å²) in [5.74, 6) is -1.31. The van der Waals surface area contributed by atoms with Crippen molar-refractivity contribution in [1.29, 1.82) is 0 Å². The minimum atomic E-state index is -4.13. The van der Waals surface area contributed by atoms with Crippen LogP contribution in [0.1, 0.15) is 15.9 Å². The molecule has 0 saturated carbocycles. The molecule has 0 aliphatic heterocycles. The number of halogens is 1. The number of para-hydroxylation sites is 1. The van der Waals surface area contributed by atoms with E-state index in [1.165, 1.54) is 54.7 Å². The maximum atomic E-state index is 12.9. The molecule has 0 atom stereocenters. The zero-order valence-electron chi connectivity index (χ0n) is 15.6. The third-order valence-electron chi connectivity index (χ3n) is 3.91. The smallest absolute Gasteiger partial charge is 0.339 e. The number of hydrogen-bond donors (Lipinski definition) is 1. The van der Waals surface area contributed by atoms with Gasteiger partial charge in [-0.05, 0) is 60.2 Å². The van der Waals surface area contributed by atoms with Gasteiger partial charge in [0.1, 0.15) is 22.0 Å². The van der Waals surface area contributed by atoms with E-state index in [1.807, 2.05) is 0 Å². The highest BCUT2D eigenvalue weighted by atomic mass is 32.2. The second-order valence-electron chi connectivity index (χ2n) is 6.03. The van der Waals surface area contributed by atoms with Gasteiger partial charge in [-0.15, -0.1) is 0 Å². The zero-order valence-corrected chi connectivity index (χ0v) is 16.5. The first kappa shape index (κ1) is 21.6. The minimum Gasteiger partial charge on any atom is -0.379 e. The molecule has 0 fully saturated rings. The predicted molar refractivity (Wildman–Crippen MR) is 109 cm³/mol. The van der Waals surface area contributed by atoms with Crippen molar-refractivity contribution in [2.24, 2.45) is 5.10 Å². The summed E-state index contributed by atoms with van der Waals surface area (Å²) in [5, 5.41) is 14.7. The predicted octanol–water partition coefficient (Wildman–Crippen LogP) is 3.27. The van der Waals surface area contributed by atoms with Crippen molar-refractivity contribution < 1.29 is 26.7 Å². The summed E-state index contributed by atoms with van der Waals surface area (Å²) in [6.45, 7) is 0. The fourth-order valence-corrected chi connectivity index (χ4v) is 3.37. The Morgan fingerprint density at radius 2 is 1.68 bits per heavy atom. The molecular formula is C20H14FN3O6S. The zero-order chi connectivity index (χ0) is 22.4. The first-order valence-electron chi connectivity index (χ1n) is 8.63. The van der Waals surface area contributed by atoms with Gasteiger partial charge in [-0.25, -0.2) is 9.82 Å². The summed E-state index contributed by atoms with van der Waals surface area (Å²) in [7, 11) is -4.13. The third-order valence-corrected chi connectivity index (χ3v) is 5.17. The van der Waals surface area contributed by atoms with E-state index >= 15 is 0 Å². The van der Waals surface area contributed by atoms with E-state index in [0.29, 0.717) is 5.56 Å². The molecule has 1 N–H and O–H groups in total. The van der Waals surface area contributed by atoms with Crippen LogP contribution in [-0.4, -0.2) is 25.5 Å². The van der Waals surface area contributed by atoms with Gasteiger partial charge in [-0.1, -0.05) is 12.1 Å². The van der Waals surface area contributed by atoms with E-state index in [-0.39, 0.29) is 21.9 Å². The molecule has 3 aromatic carbocycles. The Kier molecular flexibility index (Phi) is 6.36. The van der Waals surface area contributed by atoms with Gasteiger partial charge in [-0.2, -0.15) is 13.5 Å². The second kappa shape index (κ2) is 9.13. The Labute approximate surface area is 176 Å². The van der Waals surface area contributed by atoms with E-state index in [2.05, 4.69) is 10.5 Å². The van der Waals surface area contributed by atoms with Crippen LogP contribution in [0.25, 0.3) is 0 Å². The van der Waals surface area contributed by atoms with Crippen LogP contribution in [0.5, 0.6) is 5.75 Å². The van der Waals surface area contributed by atoms with Crippen LogP contribution in [0.2, 0.25) is 0 Å². The quantitative estimate of drug-likeness (QED) is 0.258. The number of nitrogens with zero attached hydrogens (tertiary/aromatic N) is 2. The topological polar surface area (TPSA) is 128 Å².